The first-order chi connectivity index (χ1) is 13.3. The average molecular weight is 370 g/mol. The molecule has 0 fully saturated rings. The number of thiazole rings is 1. The summed E-state index contributed by atoms with van der Waals surface area (Å²) in [4.78, 5) is 12.9. The summed E-state index contributed by atoms with van der Waals surface area (Å²) in [5, 5.41) is 5.75. The third-order valence-electron chi connectivity index (χ3n) is 4.78. The fourth-order valence-electron chi connectivity index (χ4n) is 3.57. The van der Waals surface area contributed by atoms with E-state index < -0.39 is 0 Å². The van der Waals surface area contributed by atoms with Gasteiger partial charge in [-0.25, -0.2) is 4.98 Å². The van der Waals surface area contributed by atoms with Crippen LogP contribution in [0.2, 0.25) is 0 Å². The fourth-order valence-corrected chi connectivity index (χ4v) is 4.46. The summed E-state index contributed by atoms with van der Waals surface area (Å²) in [7, 11) is 0. The Morgan fingerprint density at radius 2 is 1.78 bits per heavy atom. The van der Waals surface area contributed by atoms with Crippen LogP contribution in [0.1, 0.15) is 23.0 Å². The molecule has 0 aliphatic carbocycles. The van der Waals surface area contributed by atoms with Crippen LogP contribution in [0.5, 0.6) is 0 Å². The van der Waals surface area contributed by atoms with E-state index in [1.54, 1.807) is 11.3 Å². The van der Waals surface area contributed by atoms with Crippen LogP contribution in [0.4, 0.5) is 5.13 Å². The van der Waals surface area contributed by atoms with Crippen molar-refractivity contribution in [2.75, 3.05) is 5.32 Å². The van der Waals surface area contributed by atoms with Crippen LogP contribution in [0.25, 0.3) is 21.1 Å². The molecule has 0 amide bonds. The van der Waals surface area contributed by atoms with Crippen LogP contribution in [0, 0.1) is 6.92 Å². The lowest BCUT2D eigenvalue weighted by atomic mass is 10.00. The standard InChI is InChI=1S/C22H18N4S/c1-14-20(15-8-2-3-9-16(15)24-14)21(18-11-6-7-13-23-18)26-22-25-17-10-4-5-12-19(17)27-22/h2-13,21,24H,1H3,(H,25,26)/t21-/m0/s1. The summed E-state index contributed by atoms with van der Waals surface area (Å²) in [6.45, 7) is 2.12. The minimum absolute atomic E-state index is 0.0806. The maximum atomic E-state index is 4.77. The number of fused-ring (bicyclic) bond motifs is 2. The molecule has 2 N–H and O–H groups in total. The number of hydrogen-bond acceptors (Lipinski definition) is 4. The summed E-state index contributed by atoms with van der Waals surface area (Å²) in [6, 6.07) is 22.6. The number of anilines is 1. The second-order valence-corrected chi connectivity index (χ2v) is 7.56. The van der Waals surface area contributed by atoms with Crippen molar-refractivity contribution in [3.8, 4) is 0 Å². The highest BCUT2D eigenvalue weighted by atomic mass is 32.1. The molecule has 0 spiro atoms. The zero-order chi connectivity index (χ0) is 18.2. The summed E-state index contributed by atoms with van der Waals surface area (Å²) in [5.41, 5.74) is 5.48. The monoisotopic (exact) mass is 370 g/mol. The van der Waals surface area contributed by atoms with E-state index in [0.717, 1.165) is 27.6 Å². The highest BCUT2D eigenvalue weighted by Gasteiger charge is 2.23. The summed E-state index contributed by atoms with van der Waals surface area (Å²) in [6.07, 6.45) is 1.84. The number of pyridine rings is 1. The van der Waals surface area contributed by atoms with Gasteiger partial charge >= 0.3 is 0 Å². The Hall–Kier alpha value is -3.18. The van der Waals surface area contributed by atoms with Crippen LogP contribution in [0.3, 0.4) is 0 Å². The van der Waals surface area contributed by atoms with Crippen molar-refractivity contribution in [1.82, 2.24) is 15.0 Å². The van der Waals surface area contributed by atoms with E-state index in [2.05, 4.69) is 58.6 Å². The van der Waals surface area contributed by atoms with Crippen molar-refractivity contribution in [2.45, 2.75) is 13.0 Å². The van der Waals surface area contributed by atoms with Crippen molar-refractivity contribution < 1.29 is 0 Å². The molecule has 5 heteroatoms. The van der Waals surface area contributed by atoms with Gasteiger partial charge in [0.25, 0.3) is 0 Å². The number of aromatic amines is 1. The van der Waals surface area contributed by atoms with Crippen molar-refractivity contribution in [2.24, 2.45) is 0 Å². The lowest BCUT2D eigenvalue weighted by Gasteiger charge is -2.18. The minimum atomic E-state index is -0.0806. The second-order valence-electron chi connectivity index (χ2n) is 6.53. The van der Waals surface area contributed by atoms with Gasteiger partial charge in [-0.05, 0) is 37.3 Å². The van der Waals surface area contributed by atoms with Gasteiger partial charge in [0.2, 0.25) is 0 Å². The van der Waals surface area contributed by atoms with Gasteiger partial charge < -0.3 is 10.3 Å². The van der Waals surface area contributed by atoms with Crippen molar-refractivity contribution in [1.29, 1.82) is 0 Å². The summed E-state index contributed by atoms with van der Waals surface area (Å²) >= 11 is 1.67. The largest absolute Gasteiger partial charge is 0.358 e. The molecule has 5 rings (SSSR count). The number of nitrogens with zero attached hydrogens (tertiary/aromatic N) is 2. The zero-order valence-electron chi connectivity index (χ0n) is 14.8. The molecule has 3 heterocycles. The van der Waals surface area contributed by atoms with E-state index in [1.807, 2.05) is 36.5 Å². The number of rotatable bonds is 4. The SMILES string of the molecule is Cc1[nH]c2ccccc2c1[C@@H](Nc1nc2ccccc2s1)c1ccccn1. The molecule has 2 aromatic carbocycles. The number of hydrogen-bond donors (Lipinski definition) is 2. The number of nitrogens with one attached hydrogen (secondary N) is 2. The van der Waals surface area contributed by atoms with Gasteiger partial charge in [0.15, 0.2) is 5.13 Å². The van der Waals surface area contributed by atoms with E-state index in [4.69, 9.17) is 4.98 Å². The van der Waals surface area contributed by atoms with E-state index in [-0.39, 0.29) is 6.04 Å². The Morgan fingerprint density at radius 1 is 0.963 bits per heavy atom. The molecule has 0 radical (unpaired) electrons. The summed E-state index contributed by atoms with van der Waals surface area (Å²) < 4.78 is 1.18. The molecule has 0 bridgehead atoms. The third-order valence-corrected chi connectivity index (χ3v) is 5.74. The maximum absolute atomic E-state index is 4.77. The molecule has 3 aromatic heterocycles. The van der Waals surface area contributed by atoms with E-state index in [1.165, 1.54) is 15.6 Å². The van der Waals surface area contributed by atoms with Gasteiger partial charge in [-0.3, -0.25) is 4.98 Å². The van der Waals surface area contributed by atoms with Crippen molar-refractivity contribution in [3.63, 3.8) is 0 Å². The molecule has 0 saturated heterocycles. The Balaban J connectivity index is 1.66. The normalized spacial score (nSPS) is 12.5. The van der Waals surface area contributed by atoms with Gasteiger partial charge in [0.1, 0.15) is 0 Å². The average Bonchev–Trinajstić information content (AvgIpc) is 3.26. The number of benzene rings is 2. The maximum Gasteiger partial charge on any atom is 0.184 e. The van der Waals surface area contributed by atoms with Crippen LogP contribution in [-0.2, 0) is 0 Å². The lowest BCUT2D eigenvalue weighted by Crippen LogP contribution is -2.14. The molecule has 4 nitrogen and oxygen atoms in total. The quantitative estimate of drug-likeness (QED) is 0.428. The van der Waals surface area contributed by atoms with E-state index in [9.17, 15) is 0 Å². The second kappa shape index (κ2) is 6.52. The molecular weight excluding hydrogens is 352 g/mol. The highest BCUT2D eigenvalue weighted by Crippen LogP contribution is 2.35. The van der Waals surface area contributed by atoms with E-state index in [0.29, 0.717) is 0 Å². The number of para-hydroxylation sites is 2. The van der Waals surface area contributed by atoms with Gasteiger partial charge in [-0.15, -0.1) is 0 Å². The molecule has 5 aromatic rings. The molecule has 0 saturated carbocycles. The first-order valence-corrected chi connectivity index (χ1v) is 9.71. The number of aryl methyl sites for hydroxylation is 1. The van der Waals surface area contributed by atoms with Crippen molar-refractivity contribution >= 4 is 37.6 Å². The predicted molar refractivity (Wildman–Crippen MR) is 112 cm³/mol. The van der Waals surface area contributed by atoms with Crippen LogP contribution in [-0.4, -0.2) is 15.0 Å². The Kier molecular flexibility index (Phi) is 3.87. The van der Waals surface area contributed by atoms with Crippen LogP contribution >= 0.6 is 11.3 Å². The molecule has 0 aliphatic heterocycles. The van der Waals surface area contributed by atoms with Gasteiger partial charge in [0.05, 0.1) is 22.0 Å². The third kappa shape index (κ3) is 2.86. The highest BCUT2D eigenvalue weighted by molar-refractivity contribution is 7.22. The summed E-state index contributed by atoms with van der Waals surface area (Å²) in [5.74, 6) is 0. The first kappa shape index (κ1) is 16.0. The first-order valence-electron chi connectivity index (χ1n) is 8.90. The van der Waals surface area contributed by atoms with Gasteiger partial charge in [-0.2, -0.15) is 0 Å². The van der Waals surface area contributed by atoms with Gasteiger partial charge in [-0.1, -0.05) is 47.7 Å². The van der Waals surface area contributed by atoms with Crippen LogP contribution in [0.15, 0.2) is 72.9 Å². The molecule has 27 heavy (non-hydrogen) atoms. The Bertz CT molecular complexity index is 1190. The Labute approximate surface area is 160 Å². The molecule has 1 atom stereocenters. The number of aromatic nitrogens is 3. The van der Waals surface area contributed by atoms with E-state index >= 15 is 0 Å². The minimum Gasteiger partial charge on any atom is -0.358 e. The lowest BCUT2D eigenvalue weighted by molar-refractivity contribution is 0.882. The fraction of sp³-hybridized carbons (Fsp3) is 0.0909. The van der Waals surface area contributed by atoms with Crippen LogP contribution < -0.4 is 5.32 Å². The van der Waals surface area contributed by atoms with Gasteiger partial charge in [0, 0.05) is 28.4 Å². The zero-order valence-corrected chi connectivity index (χ0v) is 15.6. The smallest absolute Gasteiger partial charge is 0.184 e. The van der Waals surface area contributed by atoms with Crippen molar-refractivity contribution in [3.05, 3.63) is 89.9 Å². The Morgan fingerprint density at radius 3 is 2.63 bits per heavy atom. The topological polar surface area (TPSA) is 53.6 Å². The molecule has 0 aliphatic rings. The predicted octanol–water partition coefficient (Wildman–Crippen LogP) is 5.68. The molecule has 132 valence electrons. The molecule has 0 unspecified atom stereocenters. The molecular formula is C22H18N4S. The number of H-pyrrole nitrogens is 1.